The molecule has 0 aliphatic carbocycles. The monoisotopic (exact) mass is 416 g/mol. The van der Waals surface area contributed by atoms with Gasteiger partial charge < -0.3 is 10.2 Å². The number of halogens is 1. The van der Waals surface area contributed by atoms with Gasteiger partial charge in [-0.1, -0.05) is 15.9 Å². The third-order valence-corrected chi connectivity index (χ3v) is 6.08. The smallest absolute Gasteiger partial charge is 0.258 e. The summed E-state index contributed by atoms with van der Waals surface area (Å²) in [6, 6.07) is 9.73. The lowest BCUT2D eigenvalue weighted by Crippen LogP contribution is -2.36. The molecule has 2 aliphatic heterocycles. The number of benzene rings is 2. The number of anilines is 2. The zero-order valence-electron chi connectivity index (χ0n) is 13.8. The topological polar surface area (TPSA) is 49.4 Å². The molecule has 0 atom stereocenters. The van der Waals surface area contributed by atoms with Crippen LogP contribution in [0.5, 0.6) is 0 Å². The molecule has 4 nitrogen and oxygen atoms in total. The molecule has 0 aromatic heterocycles. The summed E-state index contributed by atoms with van der Waals surface area (Å²) in [6.45, 7) is 2.76. The summed E-state index contributed by atoms with van der Waals surface area (Å²) in [5, 5.41) is 2.86. The molecule has 128 valence electrons. The van der Waals surface area contributed by atoms with Crippen LogP contribution < -0.4 is 10.2 Å². The molecule has 0 radical (unpaired) electrons. The first-order valence-electron chi connectivity index (χ1n) is 8.20. The minimum absolute atomic E-state index is 0.0148. The summed E-state index contributed by atoms with van der Waals surface area (Å²) in [5.41, 5.74) is 4.66. The minimum atomic E-state index is -0.0221. The van der Waals surface area contributed by atoms with Crippen LogP contribution in [0.2, 0.25) is 0 Å². The number of nitrogens with zero attached hydrogens (tertiary/aromatic N) is 1. The zero-order valence-corrected chi connectivity index (χ0v) is 16.2. The number of hydrogen-bond donors (Lipinski definition) is 1. The van der Waals surface area contributed by atoms with Gasteiger partial charge in [0.1, 0.15) is 0 Å². The lowest BCUT2D eigenvalue weighted by Gasteiger charge is -2.31. The molecule has 0 spiro atoms. The molecule has 1 N–H and O–H groups in total. The fourth-order valence-electron chi connectivity index (χ4n) is 3.50. The molecule has 0 saturated heterocycles. The van der Waals surface area contributed by atoms with Gasteiger partial charge in [-0.25, -0.2) is 0 Å². The maximum Gasteiger partial charge on any atom is 0.258 e. The van der Waals surface area contributed by atoms with Crippen molar-refractivity contribution < 1.29 is 9.59 Å². The van der Waals surface area contributed by atoms with E-state index in [2.05, 4.69) is 27.3 Å². The lowest BCUT2D eigenvalue weighted by molar-refractivity contribution is -0.113. The van der Waals surface area contributed by atoms with Crippen molar-refractivity contribution >= 4 is 50.9 Å². The normalized spacial score (nSPS) is 16.1. The van der Waals surface area contributed by atoms with Gasteiger partial charge in [-0.2, -0.15) is 0 Å². The Hall–Kier alpha value is -1.79. The highest BCUT2D eigenvalue weighted by molar-refractivity contribution is 9.10. The second kappa shape index (κ2) is 6.50. The number of carbonyl (C=O) groups excluding carboxylic acids is 2. The summed E-state index contributed by atoms with van der Waals surface area (Å²) in [4.78, 5) is 27.7. The Labute approximate surface area is 159 Å². The summed E-state index contributed by atoms with van der Waals surface area (Å²) in [6.07, 6.45) is 1.93. The van der Waals surface area contributed by atoms with E-state index in [1.807, 2.05) is 30.0 Å². The first-order valence-corrected chi connectivity index (χ1v) is 9.98. The second-order valence-corrected chi connectivity index (χ2v) is 8.27. The van der Waals surface area contributed by atoms with E-state index in [1.165, 1.54) is 17.3 Å². The first-order chi connectivity index (χ1) is 12.0. The predicted octanol–water partition coefficient (Wildman–Crippen LogP) is 4.39. The fourth-order valence-corrected chi connectivity index (χ4v) is 4.90. The molecule has 2 aromatic carbocycles. The highest BCUT2D eigenvalue weighted by Crippen LogP contribution is 2.36. The molecular formula is C19H17BrN2O2S. The van der Waals surface area contributed by atoms with Gasteiger partial charge in [-0.15, -0.1) is 11.8 Å². The summed E-state index contributed by atoms with van der Waals surface area (Å²) in [5.74, 6) is 0.388. The van der Waals surface area contributed by atoms with Crippen molar-refractivity contribution in [3.8, 4) is 0 Å². The number of amides is 2. The molecule has 2 aliphatic rings. The van der Waals surface area contributed by atoms with E-state index in [1.54, 1.807) is 6.07 Å². The molecule has 0 saturated carbocycles. The number of rotatable bonds is 1. The molecule has 0 fully saturated rings. The molecule has 0 unspecified atom stereocenters. The quantitative estimate of drug-likeness (QED) is 0.749. The first kappa shape index (κ1) is 16.7. The van der Waals surface area contributed by atoms with Crippen LogP contribution in [-0.2, 0) is 11.2 Å². The van der Waals surface area contributed by atoms with Crippen LogP contribution >= 0.6 is 27.7 Å². The fraction of sp³-hybridized carbons (Fsp3) is 0.263. The standard InChI is InChI=1S/C19H17BrN2O2S/c1-11-7-14(20)8-12-3-2-6-22(18(11)12)19(24)13-4-5-16-15(9-13)21-17(23)10-25-16/h4-5,7-9H,2-3,6,10H2,1H3,(H,21,23). The SMILES string of the molecule is Cc1cc(Br)cc2c1N(C(=O)c1ccc3c(c1)NC(=O)CS3)CCC2. The minimum Gasteiger partial charge on any atom is -0.324 e. The Morgan fingerprint density at radius 3 is 2.96 bits per heavy atom. The van der Waals surface area contributed by atoms with Crippen LogP contribution in [-0.4, -0.2) is 24.1 Å². The summed E-state index contributed by atoms with van der Waals surface area (Å²) < 4.78 is 1.05. The van der Waals surface area contributed by atoms with Crippen molar-refractivity contribution in [2.75, 3.05) is 22.5 Å². The summed E-state index contributed by atoms with van der Waals surface area (Å²) >= 11 is 5.05. The van der Waals surface area contributed by atoms with Crippen LogP contribution in [0.15, 0.2) is 39.7 Å². The molecule has 2 heterocycles. The zero-order chi connectivity index (χ0) is 17.6. The van der Waals surface area contributed by atoms with Gasteiger partial charge in [0.2, 0.25) is 5.91 Å². The molecular weight excluding hydrogens is 400 g/mol. The van der Waals surface area contributed by atoms with E-state index in [0.717, 1.165) is 39.1 Å². The van der Waals surface area contributed by atoms with E-state index in [9.17, 15) is 9.59 Å². The average molecular weight is 417 g/mol. The van der Waals surface area contributed by atoms with Crippen LogP contribution in [0.1, 0.15) is 27.9 Å². The Morgan fingerprint density at radius 2 is 2.12 bits per heavy atom. The van der Waals surface area contributed by atoms with Gasteiger partial charge in [-0.05, 0) is 61.2 Å². The van der Waals surface area contributed by atoms with Crippen LogP contribution in [0.4, 0.5) is 11.4 Å². The van der Waals surface area contributed by atoms with E-state index in [0.29, 0.717) is 17.9 Å². The maximum atomic E-state index is 13.2. The predicted molar refractivity (Wildman–Crippen MR) is 105 cm³/mol. The van der Waals surface area contributed by atoms with E-state index < -0.39 is 0 Å². The maximum absolute atomic E-state index is 13.2. The third kappa shape index (κ3) is 3.09. The van der Waals surface area contributed by atoms with Crippen molar-refractivity contribution in [3.05, 3.63) is 51.5 Å². The van der Waals surface area contributed by atoms with Gasteiger partial charge in [0.25, 0.3) is 5.91 Å². The van der Waals surface area contributed by atoms with Gasteiger partial charge in [0, 0.05) is 21.5 Å². The van der Waals surface area contributed by atoms with Crippen molar-refractivity contribution in [1.82, 2.24) is 0 Å². The molecule has 2 amide bonds. The number of hydrogen-bond acceptors (Lipinski definition) is 3. The lowest BCUT2D eigenvalue weighted by atomic mass is 9.97. The van der Waals surface area contributed by atoms with Crippen LogP contribution in [0.25, 0.3) is 0 Å². The Balaban J connectivity index is 1.71. The number of thioether (sulfide) groups is 1. The highest BCUT2D eigenvalue weighted by Gasteiger charge is 2.26. The Kier molecular flexibility index (Phi) is 4.33. The Bertz CT molecular complexity index is 897. The molecule has 2 aromatic rings. The second-order valence-electron chi connectivity index (χ2n) is 6.34. The van der Waals surface area contributed by atoms with Crippen molar-refractivity contribution in [2.45, 2.75) is 24.7 Å². The van der Waals surface area contributed by atoms with Crippen LogP contribution in [0, 0.1) is 6.92 Å². The largest absolute Gasteiger partial charge is 0.324 e. The number of carbonyl (C=O) groups is 2. The third-order valence-electron chi connectivity index (χ3n) is 4.55. The molecule has 0 bridgehead atoms. The molecule has 25 heavy (non-hydrogen) atoms. The number of aryl methyl sites for hydroxylation is 2. The van der Waals surface area contributed by atoms with Crippen molar-refractivity contribution in [1.29, 1.82) is 0 Å². The molecule has 6 heteroatoms. The van der Waals surface area contributed by atoms with Crippen LogP contribution in [0.3, 0.4) is 0 Å². The Morgan fingerprint density at radius 1 is 1.28 bits per heavy atom. The van der Waals surface area contributed by atoms with Gasteiger partial charge in [0.05, 0.1) is 17.1 Å². The molecule has 4 rings (SSSR count). The van der Waals surface area contributed by atoms with E-state index in [-0.39, 0.29) is 11.8 Å². The summed E-state index contributed by atoms with van der Waals surface area (Å²) in [7, 11) is 0. The number of fused-ring (bicyclic) bond motifs is 2. The van der Waals surface area contributed by atoms with E-state index in [4.69, 9.17) is 0 Å². The van der Waals surface area contributed by atoms with Gasteiger partial charge in [-0.3, -0.25) is 9.59 Å². The highest BCUT2D eigenvalue weighted by atomic mass is 79.9. The van der Waals surface area contributed by atoms with Crippen molar-refractivity contribution in [3.63, 3.8) is 0 Å². The average Bonchev–Trinajstić information content (AvgIpc) is 2.59. The van der Waals surface area contributed by atoms with Crippen molar-refractivity contribution in [2.24, 2.45) is 0 Å². The van der Waals surface area contributed by atoms with Gasteiger partial charge >= 0.3 is 0 Å². The number of nitrogens with one attached hydrogen (secondary N) is 1. The van der Waals surface area contributed by atoms with Gasteiger partial charge in [0.15, 0.2) is 0 Å². The van der Waals surface area contributed by atoms with E-state index >= 15 is 0 Å².